The number of hydrogen-bond acceptors (Lipinski definition) is 5. The minimum Gasteiger partial charge on any atom is -0.462 e. The van der Waals surface area contributed by atoms with Crippen molar-refractivity contribution in [1.29, 1.82) is 0 Å². The molecule has 0 radical (unpaired) electrons. The van der Waals surface area contributed by atoms with E-state index in [9.17, 15) is 9.59 Å². The van der Waals surface area contributed by atoms with E-state index < -0.39 is 11.9 Å². The second-order valence-corrected chi connectivity index (χ2v) is 2.10. The second kappa shape index (κ2) is 9.47. The molecule has 0 rings (SSSR count). The quantitative estimate of drug-likeness (QED) is 0.393. The molecule has 80 valence electrons. The fourth-order valence-corrected chi connectivity index (χ4v) is 0.522. The maximum absolute atomic E-state index is 10.5. The largest absolute Gasteiger partial charge is 0.462 e. The van der Waals surface area contributed by atoms with Gasteiger partial charge in [-0.2, -0.15) is 0 Å². The Bertz CT molecular complexity index is 191. The zero-order valence-electron chi connectivity index (χ0n) is 8.03. The van der Waals surface area contributed by atoms with E-state index >= 15 is 0 Å². The van der Waals surface area contributed by atoms with Gasteiger partial charge in [0.2, 0.25) is 0 Å². The van der Waals surface area contributed by atoms with E-state index in [1.54, 1.807) is 0 Å². The zero-order valence-corrected chi connectivity index (χ0v) is 8.03. The Morgan fingerprint density at radius 3 is 1.64 bits per heavy atom. The Morgan fingerprint density at radius 1 is 1.00 bits per heavy atom. The zero-order chi connectivity index (χ0) is 10.1. The van der Waals surface area contributed by atoms with Gasteiger partial charge in [0.15, 0.2) is 0 Å². The molecule has 0 amide bonds. The normalized spacial score (nSPS) is 8.00. The van der Waals surface area contributed by atoms with Gasteiger partial charge >= 0.3 is 11.9 Å². The molecular weight excluding hydrogens is 186 g/mol. The molecule has 0 spiro atoms. The van der Waals surface area contributed by atoms with Crippen LogP contribution in [0.15, 0.2) is 25.3 Å². The van der Waals surface area contributed by atoms with Crippen molar-refractivity contribution in [3.63, 3.8) is 0 Å². The van der Waals surface area contributed by atoms with Crippen LogP contribution in [0.4, 0.5) is 0 Å². The van der Waals surface area contributed by atoms with Gasteiger partial charge in [-0.25, -0.2) is 9.59 Å². The van der Waals surface area contributed by atoms with Gasteiger partial charge in [0.1, 0.15) is 0 Å². The summed E-state index contributed by atoms with van der Waals surface area (Å²) in [6.07, 6.45) is 2.63. The van der Waals surface area contributed by atoms with Gasteiger partial charge in [0.05, 0.1) is 13.2 Å². The van der Waals surface area contributed by atoms with E-state index in [0.717, 1.165) is 12.2 Å². The molecule has 3 N–H and O–H groups in total. The molecule has 0 bridgehead atoms. The van der Waals surface area contributed by atoms with E-state index in [1.165, 1.54) is 0 Å². The topological polar surface area (TPSA) is 87.6 Å². The summed E-state index contributed by atoms with van der Waals surface area (Å²) in [6.45, 7) is 6.89. The number of ether oxygens (including phenoxy) is 2. The summed E-state index contributed by atoms with van der Waals surface area (Å²) < 4.78 is 9.27. The molecule has 0 atom stereocenters. The minimum absolute atomic E-state index is 0. The third-order valence-electron chi connectivity index (χ3n) is 1.11. The number of carbonyl (C=O) groups excluding carboxylic acids is 2. The van der Waals surface area contributed by atoms with Crippen LogP contribution in [0.2, 0.25) is 0 Å². The highest BCUT2D eigenvalue weighted by molar-refractivity contribution is 5.81. The predicted octanol–water partition coefficient (Wildman–Crippen LogP) is 0.997. The molecule has 0 unspecified atom stereocenters. The first-order valence-corrected chi connectivity index (χ1v) is 3.79. The number of rotatable bonds is 6. The maximum atomic E-state index is 10.5. The van der Waals surface area contributed by atoms with Crippen molar-refractivity contribution in [3.8, 4) is 0 Å². The molecule has 0 saturated carbocycles. The first-order valence-electron chi connectivity index (χ1n) is 3.79. The highest BCUT2D eigenvalue weighted by atomic mass is 16.5. The van der Waals surface area contributed by atoms with Crippen molar-refractivity contribution >= 4 is 11.9 Å². The van der Waals surface area contributed by atoms with Gasteiger partial charge in [-0.1, -0.05) is 13.2 Å². The number of esters is 2. The molecule has 5 heteroatoms. The molecule has 0 aliphatic heterocycles. The Balaban J connectivity index is 0. The summed E-state index contributed by atoms with van der Waals surface area (Å²) in [5.41, 5.74) is 0. The van der Waals surface area contributed by atoms with Crippen LogP contribution in [0.1, 0.15) is 6.42 Å². The van der Waals surface area contributed by atoms with Crippen LogP contribution in [-0.2, 0) is 19.1 Å². The minimum atomic E-state index is -0.477. The molecule has 0 aromatic heterocycles. The van der Waals surface area contributed by atoms with Gasteiger partial charge in [-0.05, 0) is 0 Å². The molecule has 14 heavy (non-hydrogen) atoms. The standard InChI is InChI=1S/C9H12O4.H3N/c1-3-8(10)12-6-5-7-13-9(11)4-2;/h3-4H,1-2,5-7H2;1H3. The van der Waals surface area contributed by atoms with Gasteiger partial charge in [0.25, 0.3) is 0 Å². The van der Waals surface area contributed by atoms with Crippen molar-refractivity contribution in [3.05, 3.63) is 25.3 Å². The van der Waals surface area contributed by atoms with Crippen molar-refractivity contribution in [2.24, 2.45) is 0 Å². The molecule has 0 saturated heterocycles. The summed E-state index contributed by atoms with van der Waals surface area (Å²) in [4.78, 5) is 21.0. The Hall–Kier alpha value is -1.62. The van der Waals surface area contributed by atoms with E-state index in [2.05, 4.69) is 22.6 Å². The molecule has 0 aliphatic rings. The lowest BCUT2D eigenvalue weighted by atomic mass is 10.5. The van der Waals surface area contributed by atoms with E-state index in [4.69, 9.17) is 0 Å². The molecule has 0 fully saturated rings. The van der Waals surface area contributed by atoms with Crippen molar-refractivity contribution in [2.45, 2.75) is 6.42 Å². The summed E-state index contributed by atoms with van der Waals surface area (Å²) >= 11 is 0. The van der Waals surface area contributed by atoms with Crippen molar-refractivity contribution in [2.75, 3.05) is 13.2 Å². The van der Waals surface area contributed by atoms with E-state index in [1.807, 2.05) is 0 Å². The van der Waals surface area contributed by atoms with Crippen LogP contribution in [0.3, 0.4) is 0 Å². The Kier molecular flexibility index (Phi) is 10.1. The molecule has 0 aromatic carbocycles. The maximum Gasteiger partial charge on any atom is 0.330 e. The third-order valence-corrected chi connectivity index (χ3v) is 1.11. The lowest BCUT2D eigenvalue weighted by Gasteiger charge is -2.02. The highest BCUT2D eigenvalue weighted by Crippen LogP contribution is 1.87. The second-order valence-electron chi connectivity index (χ2n) is 2.10. The molecular formula is C9H15NO4. The summed E-state index contributed by atoms with van der Waals surface area (Å²) in [7, 11) is 0. The van der Waals surface area contributed by atoms with Crippen LogP contribution in [0.25, 0.3) is 0 Å². The molecule has 0 aromatic rings. The SMILES string of the molecule is C=CC(=O)OCCCOC(=O)C=C.N. The van der Waals surface area contributed by atoms with Crippen LogP contribution in [-0.4, -0.2) is 25.2 Å². The monoisotopic (exact) mass is 201 g/mol. The summed E-state index contributed by atoms with van der Waals surface area (Å²) in [6, 6.07) is 0. The van der Waals surface area contributed by atoms with Gasteiger partial charge in [0, 0.05) is 18.6 Å². The first-order chi connectivity index (χ1) is 6.20. The Morgan fingerprint density at radius 2 is 1.36 bits per heavy atom. The number of carbonyl (C=O) groups is 2. The van der Waals surface area contributed by atoms with Crippen LogP contribution in [0, 0.1) is 0 Å². The third kappa shape index (κ3) is 8.48. The van der Waals surface area contributed by atoms with E-state index in [0.29, 0.717) is 6.42 Å². The van der Waals surface area contributed by atoms with Gasteiger partial charge in [-0.3, -0.25) is 0 Å². The van der Waals surface area contributed by atoms with Gasteiger partial charge < -0.3 is 15.6 Å². The highest BCUT2D eigenvalue weighted by Gasteiger charge is 1.97. The molecule has 5 nitrogen and oxygen atoms in total. The number of hydrogen-bond donors (Lipinski definition) is 1. The lowest BCUT2D eigenvalue weighted by Crippen LogP contribution is -2.07. The lowest BCUT2D eigenvalue weighted by molar-refractivity contribution is -0.140. The average molecular weight is 201 g/mol. The first kappa shape index (κ1) is 14.9. The van der Waals surface area contributed by atoms with Crippen molar-refractivity contribution < 1.29 is 19.1 Å². The van der Waals surface area contributed by atoms with Crippen LogP contribution in [0.5, 0.6) is 0 Å². The van der Waals surface area contributed by atoms with Crippen LogP contribution < -0.4 is 6.15 Å². The molecule has 0 heterocycles. The van der Waals surface area contributed by atoms with Gasteiger partial charge in [-0.15, -0.1) is 0 Å². The smallest absolute Gasteiger partial charge is 0.330 e. The fourth-order valence-electron chi connectivity index (χ4n) is 0.522. The summed E-state index contributed by atoms with van der Waals surface area (Å²) in [5, 5.41) is 0. The fraction of sp³-hybridized carbons (Fsp3) is 0.333. The predicted molar refractivity (Wildman–Crippen MR) is 52.0 cm³/mol. The average Bonchev–Trinajstić information content (AvgIpc) is 2.16. The van der Waals surface area contributed by atoms with Crippen molar-refractivity contribution in [1.82, 2.24) is 6.15 Å². The summed E-state index contributed by atoms with van der Waals surface area (Å²) in [5.74, 6) is -0.954. The Labute approximate surface area is 83.0 Å². The molecule has 0 aliphatic carbocycles. The van der Waals surface area contributed by atoms with Crippen LogP contribution >= 0.6 is 0 Å². The van der Waals surface area contributed by atoms with E-state index in [-0.39, 0.29) is 19.4 Å².